The number of amides is 2. The van der Waals surface area contributed by atoms with Gasteiger partial charge in [-0.15, -0.1) is 0 Å². The number of nitrogens with zero attached hydrogens (tertiary/aromatic N) is 1. The van der Waals surface area contributed by atoms with Crippen molar-refractivity contribution in [1.82, 2.24) is 10.6 Å². The van der Waals surface area contributed by atoms with E-state index >= 15 is 0 Å². The molecule has 2 N–H and O–H groups in total. The summed E-state index contributed by atoms with van der Waals surface area (Å²) in [5.41, 5.74) is 1.31. The van der Waals surface area contributed by atoms with Gasteiger partial charge in [-0.25, -0.2) is 4.39 Å². The monoisotopic (exact) mass is 451 g/mol. The fourth-order valence-electron chi connectivity index (χ4n) is 3.87. The van der Waals surface area contributed by atoms with Crippen LogP contribution in [0.5, 0.6) is 11.5 Å². The molecule has 2 aromatic carbocycles. The molecule has 4 rings (SSSR count). The fraction of sp³-hybridized carbons (Fsp3) is 0.333. The van der Waals surface area contributed by atoms with Gasteiger partial charge in [0, 0.05) is 19.7 Å². The molecule has 2 aromatic rings. The van der Waals surface area contributed by atoms with Crippen molar-refractivity contribution in [3.63, 3.8) is 0 Å². The van der Waals surface area contributed by atoms with Gasteiger partial charge in [-0.2, -0.15) is 0 Å². The molecule has 0 radical (unpaired) electrons. The third kappa shape index (κ3) is 3.73. The predicted molar refractivity (Wildman–Crippen MR) is 113 cm³/mol. The molecule has 0 bridgehead atoms. The van der Waals surface area contributed by atoms with E-state index in [1.807, 2.05) is 13.0 Å². The minimum atomic E-state index is -0.564. The van der Waals surface area contributed by atoms with Crippen molar-refractivity contribution in [1.29, 1.82) is 0 Å². The highest BCUT2D eigenvalue weighted by atomic mass is 35.5. The number of carbonyl (C=O) groups excluding carboxylic acids is 2. The largest absolute Gasteiger partial charge is 0.452 e. The summed E-state index contributed by atoms with van der Waals surface area (Å²) in [5.74, 6) is -0.423. The Labute approximate surface area is 183 Å². The lowest BCUT2D eigenvalue weighted by Crippen LogP contribution is -2.55. The molecule has 0 aliphatic carbocycles. The number of rotatable bonds is 4. The normalized spacial score (nSPS) is 23.4. The number of nitrogens with one attached hydrogen (secondary N) is 2. The van der Waals surface area contributed by atoms with Gasteiger partial charge in [0.05, 0.1) is 27.8 Å². The lowest BCUT2D eigenvalue weighted by molar-refractivity contribution is -0.123. The highest BCUT2D eigenvalue weighted by Crippen LogP contribution is 2.44. The second kappa shape index (κ2) is 8.06. The van der Waals surface area contributed by atoms with Gasteiger partial charge in [0.25, 0.3) is 0 Å². The van der Waals surface area contributed by atoms with Crippen molar-refractivity contribution in [2.75, 3.05) is 18.5 Å². The van der Waals surface area contributed by atoms with Gasteiger partial charge in [0.2, 0.25) is 11.8 Å². The number of benzene rings is 2. The molecular formula is C21H20Cl2FN3O3. The van der Waals surface area contributed by atoms with Gasteiger partial charge < -0.3 is 15.0 Å². The smallest absolute Gasteiger partial charge is 0.244 e. The molecule has 1 fully saturated rings. The van der Waals surface area contributed by atoms with Crippen LogP contribution >= 0.6 is 23.2 Å². The lowest BCUT2D eigenvalue weighted by Gasteiger charge is -2.35. The first kappa shape index (κ1) is 20.9. The standard InChI is InChI=1S/C21H20Cl2FN3O3/c1-10-9-25-20(28)17(10)26-15-7-11-3-5-14(23)19(18(11)27(2)21(15)29)30-16-8-12(24)4-6-13(16)22/h3-6,8,10,15,17,26H,7,9H2,1-2H3,(H,25,28)/t10?,15-,17?/m1/s1. The minimum Gasteiger partial charge on any atom is -0.452 e. The molecule has 6 nitrogen and oxygen atoms in total. The molecule has 3 atom stereocenters. The van der Waals surface area contributed by atoms with Gasteiger partial charge in [0.15, 0.2) is 5.75 Å². The van der Waals surface area contributed by atoms with Crippen LogP contribution in [0, 0.1) is 11.7 Å². The Hall–Kier alpha value is -2.35. The zero-order valence-corrected chi connectivity index (χ0v) is 17.9. The van der Waals surface area contributed by atoms with Crippen LogP contribution in [0.4, 0.5) is 10.1 Å². The molecule has 30 heavy (non-hydrogen) atoms. The molecule has 2 amide bonds. The van der Waals surface area contributed by atoms with Crippen LogP contribution in [-0.2, 0) is 16.0 Å². The van der Waals surface area contributed by atoms with E-state index in [1.54, 1.807) is 13.1 Å². The summed E-state index contributed by atoms with van der Waals surface area (Å²) in [6.45, 7) is 2.53. The Morgan fingerprint density at radius 1 is 1.20 bits per heavy atom. The van der Waals surface area contributed by atoms with E-state index in [2.05, 4.69) is 10.6 Å². The second-order valence-corrected chi connectivity index (χ2v) is 8.40. The van der Waals surface area contributed by atoms with Gasteiger partial charge >= 0.3 is 0 Å². The molecule has 9 heteroatoms. The van der Waals surface area contributed by atoms with Crippen molar-refractivity contribution in [3.05, 3.63) is 51.8 Å². The summed E-state index contributed by atoms with van der Waals surface area (Å²) in [6, 6.07) is 6.25. The number of hydrogen-bond acceptors (Lipinski definition) is 4. The highest BCUT2D eigenvalue weighted by Gasteiger charge is 2.39. The van der Waals surface area contributed by atoms with Crippen molar-refractivity contribution in [3.8, 4) is 11.5 Å². The number of fused-ring (bicyclic) bond motifs is 1. The van der Waals surface area contributed by atoms with E-state index in [0.717, 1.165) is 11.6 Å². The summed E-state index contributed by atoms with van der Waals surface area (Å²) in [7, 11) is 1.61. The van der Waals surface area contributed by atoms with Crippen LogP contribution in [-0.4, -0.2) is 37.5 Å². The number of carbonyl (C=O) groups is 2. The summed E-state index contributed by atoms with van der Waals surface area (Å²) in [5, 5.41) is 6.48. The molecule has 2 heterocycles. The SMILES string of the molecule is CC1CNC(=O)C1N[C@@H]1Cc2ccc(Cl)c(Oc3cc(F)ccc3Cl)c2N(C)C1=O. The third-order valence-corrected chi connectivity index (χ3v) is 6.10. The maximum absolute atomic E-state index is 13.7. The van der Waals surface area contributed by atoms with Crippen LogP contribution in [0.2, 0.25) is 10.0 Å². The molecule has 0 saturated carbocycles. The van der Waals surface area contributed by atoms with Crippen molar-refractivity contribution < 1.29 is 18.7 Å². The molecule has 2 aliphatic rings. The van der Waals surface area contributed by atoms with Gasteiger partial charge in [-0.3, -0.25) is 14.9 Å². The lowest BCUT2D eigenvalue weighted by atomic mass is 9.95. The van der Waals surface area contributed by atoms with Gasteiger partial charge in [-0.1, -0.05) is 36.2 Å². The maximum Gasteiger partial charge on any atom is 0.244 e. The second-order valence-electron chi connectivity index (χ2n) is 7.58. The first-order chi connectivity index (χ1) is 14.3. The minimum absolute atomic E-state index is 0.0798. The van der Waals surface area contributed by atoms with Crippen molar-refractivity contribution in [2.24, 2.45) is 5.92 Å². The number of likely N-dealkylation sites (N-methyl/N-ethyl adjacent to an activating group) is 1. The number of halogens is 3. The predicted octanol–water partition coefficient (Wildman–Crippen LogP) is 3.54. The Balaban J connectivity index is 1.67. The van der Waals surface area contributed by atoms with E-state index in [4.69, 9.17) is 27.9 Å². The molecule has 2 aliphatic heterocycles. The van der Waals surface area contributed by atoms with E-state index in [0.29, 0.717) is 18.7 Å². The summed E-state index contributed by atoms with van der Waals surface area (Å²) >= 11 is 12.5. The topological polar surface area (TPSA) is 70.7 Å². The summed E-state index contributed by atoms with van der Waals surface area (Å²) in [6.07, 6.45) is 0.361. The Bertz CT molecular complexity index is 1030. The summed E-state index contributed by atoms with van der Waals surface area (Å²) < 4.78 is 19.5. The Morgan fingerprint density at radius 3 is 2.63 bits per heavy atom. The summed E-state index contributed by atoms with van der Waals surface area (Å²) in [4.78, 5) is 26.6. The first-order valence-corrected chi connectivity index (χ1v) is 10.3. The van der Waals surface area contributed by atoms with Crippen LogP contribution in [0.15, 0.2) is 30.3 Å². The molecule has 1 saturated heterocycles. The quantitative estimate of drug-likeness (QED) is 0.745. The molecule has 0 spiro atoms. The van der Waals surface area contributed by atoms with Gasteiger partial charge in [-0.05, 0) is 36.1 Å². The number of ether oxygens (including phenoxy) is 1. The van der Waals surface area contributed by atoms with E-state index < -0.39 is 17.9 Å². The van der Waals surface area contributed by atoms with E-state index in [1.165, 1.54) is 17.0 Å². The van der Waals surface area contributed by atoms with Gasteiger partial charge in [0.1, 0.15) is 11.6 Å². The van der Waals surface area contributed by atoms with Crippen LogP contribution in [0.3, 0.4) is 0 Å². The first-order valence-electron chi connectivity index (χ1n) is 9.52. The molecule has 2 unspecified atom stereocenters. The third-order valence-electron chi connectivity index (χ3n) is 5.49. The highest BCUT2D eigenvalue weighted by molar-refractivity contribution is 6.33. The van der Waals surface area contributed by atoms with Crippen LogP contribution in [0.1, 0.15) is 12.5 Å². The van der Waals surface area contributed by atoms with Crippen molar-refractivity contribution >= 4 is 40.7 Å². The van der Waals surface area contributed by atoms with Crippen molar-refractivity contribution in [2.45, 2.75) is 25.4 Å². The maximum atomic E-state index is 13.7. The van der Waals surface area contributed by atoms with E-state index in [9.17, 15) is 14.0 Å². The molecule has 158 valence electrons. The fourth-order valence-corrected chi connectivity index (χ4v) is 4.22. The Kier molecular flexibility index (Phi) is 5.61. The molecule has 0 aromatic heterocycles. The number of hydrogen-bond donors (Lipinski definition) is 2. The van der Waals surface area contributed by atoms with E-state index in [-0.39, 0.29) is 39.3 Å². The van der Waals surface area contributed by atoms with Crippen LogP contribution < -0.4 is 20.3 Å². The zero-order valence-electron chi connectivity index (χ0n) is 16.3. The average molecular weight is 452 g/mol. The zero-order chi connectivity index (χ0) is 21.6. The Morgan fingerprint density at radius 2 is 1.93 bits per heavy atom. The number of anilines is 1. The molecular weight excluding hydrogens is 432 g/mol. The van der Waals surface area contributed by atoms with Crippen LogP contribution in [0.25, 0.3) is 0 Å². The average Bonchev–Trinajstić information content (AvgIpc) is 3.02.